The van der Waals surface area contributed by atoms with Crippen LogP contribution in [0, 0.1) is 5.41 Å². The SMILES string of the molecule is CCCC(C)(CO)CCCSCC. The Morgan fingerprint density at radius 3 is 2.38 bits per heavy atom. The lowest BCUT2D eigenvalue weighted by molar-refractivity contribution is 0.121. The summed E-state index contributed by atoms with van der Waals surface area (Å²) in [7, 11) is 0. The second-order valence-corrected chi connectivity index (χ2v) is 5.41. The van der Waals surface area contributed by atoms with E-state index in [1.165, 1.54) is 30.8 Å². The zero-order chi connectivity index (χ0) is 10.2. The fraction of sp³-hybridized carbons (Fsp3) is 1.00. The first kappa shape index (κ1) is 13.3. The topological polar surface area (TPSA) is 20.2 Å². The van der Waals surface area contributed by atoms with Crippen LogP contribution in [0.3, 0.4) is 0 Å². The highest BCUT2D eigenvalue weighted by Crippen LogP contribution is 2.28. The summed E-state index contributed by atoms with van der Waals surface area (Å²) >= 11 is 2.00. The molecule has 0 aliphatic rings. The lowest BCUT2D eigenvalue weighted by Crippen LogP contribution is -2.21. The van der Waals surface area contributed by atoms with Crippen molar-refractivity contribution < 1.29 is 5.11 Å². The van der Waals surface area contributed by atoms with E-state index in [2.05, 4.69) is 20.8 Å². The molecule has 0 aliphatic carbocycles. The van der Waals surface area contributed by atoms with Gasteiger partial charge in [-0.05, 0) is 36.2 Å². The summed E-state index contributed by atoms with van der Waals surface area (Å²) in [5.74, 6) is 2.46. The van der Waals surface area contributed by atoms with Gasteiger partial charge in [-0.15, -0.1) is 0 Å². The maximum absolute atomic E-state index is 9.27. The van der Waals surface area contributed by atoms with Gasteiger partial charge in [-0.25, -0.2) is 0 Å². The van der Waals surface area contributed by atoms with Gasteiger partial charge in [0, 0.05) is 6.61 Å². The Morgan fingerprint density at radius 2 is 1.92 bits per heavy atom. The van der Waals surface area contributed by atoms with Crippen molar-refractivity contribution in [2.24, 2.45) is 5.41 Å². The van der Waals surface area contributed by atoms with Crippen molar-refractivity contribution in [3.05, 3.63) is 0 Å². The van der Waals surface area contributed by atoms with Crippen molar-refractivity contribution in [3.63, 3.8) is 0 Å². The van der Waals surface area contributed by atoms with E-state index in [0.717, 1.165) is 6.42 Å². The minimum atomic E-state index is 0.184. The average Bonchev–Trinajstić information content (AvgIpc) is 2.13. The van der Waals surface area contributed by atoms with Crippen LogP contribution < -0.4 is 0 Å². The molecule has 0 saturated heterocycles. The molecular weight excluding hydrogens is 180 g/mol. The second kappa shape index (κ2) is 7.69. The first-order valence-corrected chi connectivity index (χ1v) is 6.52. The lowest BCUT2D eigenvalue weighted by atomic mass is 9.82. The third-order valence-corrected chi connectivity index (χ3v) is 3.49. The van der Waals surface area contributed by atoms with Gasteiger partial charge >= 0.3 is 0 Å². The summed E-state index contributed by atoms with van der Waals surface area (Å²) in [6.07, 6.45) is 4.75. The van der Waals surface area contributed by atoms with Crippen LogP contribution in [0.4, 0.5) is 0 Å². The van der Waals surface area contributed by atoms with Crippen LogP contribution in [0.1, 0.15) is 46.5 Å². The van der Waals surface area contributed by atoms with E-state index in [4.69, 9.17) is 0 Å². The van der Waals surface area contributed by atoms with Crippen LogP contribution in [-0.4, -0.2) is 23.2 Å². The molecule has 0 heterocycles. The van der Waals surface area contributed by atoms with Gasteiger partial charge in [-0.2, -0.15) is 11.8 Å². The highest BCUT2D eigenvalue weighted by molar-refractivity contribution is 7.99. The summed E-state index contributed by atoms with van der Waals surface area (Å²) in [5.41, 5.74) is 0.184. The van der Waals surface area contributed by atoms with Crippen molar-refractivity contribution in [2.45, 2.75) is 46.5 Å². The van der Waals surface area contributed by atoms with Crippen molar-refractivity contribution in [1.82, 2.24) is 0 Å². The molecule has 1 atom stereocenters. The molecule has 0 spiro atoms. The Labute approximate surface area is 87.3 Å². The Bertz CT molecular complexity index is 117. The predicted molar refractivity (Wildman–Crippen MR) is 62.3 cm³/mol. The number of aliphatic hydroxyl groups is 1. The van der Waals surface area contributed by atoms with Gasteiger partial charge in [0.15, 0.2) is 0 Å². The van der Waals surface area contributed by atoms with E-state index in [9.17, 15) is 5.11 Å². The number of hydrogen-bond donors (Lipinski definition) is 1. The Kier molecular flexibility index (Phi) is 7.87. The summed E-state index contributed by atoms with van der Waals surface area (Å²) < 4.78 is 0. The minimum absolute atomic E-state index is 0.184. The first-order chi connectivity index (χ1) is 6.18. The molecule has 0 bridgehead atoms. The van der Waals surface area contributed by atoms with Gasteiger partial charge < -0.3 is 5.11 Å². The second-order valence-electron chi connectivity index (χ2n) is 4.02. The maximum Gasteiger partial charge on any atom is 0.0484 e. The number of thioether (sulfide) groups is 1. The lowest BCUT2D eigenvalue weighted by Gasteiger charge is -2.26. The normalized spacial score (nSPS) is 15.7. The third kappa shape index (κ3) is 6.39. The van der Waals surface area contributed by atoms with Crippen LogP contribution in [0.15, 0.2) is 0 Å². The Hall–Kier alpha value is 0.310. The zero-order valence-corrected chi connectivity index (χ0v) is 10.1. The molecule has 1 unspecified atom stereocenters. The van der Waals surface area contributed by atoms with E-state index in [0.29, 0.717) is 6.61 Å². The average molecular weight is 204 g/mol. The Balaban J connectivity index is 3.57. The van der Waals surface area contributed by atoms with Crippen molar-refractivity contribution >= 4 is 11.8 Å². The van der Waals surface area contributed by atoms with Gasteiger partial charge in [0.25, 0.3) is 0 Å². The highest BCUT2D eigenvalue weighted by Gasteiger charge is 2.21. The van der Waals surface area contributed by atoms with Crippen LogP contribution in [0.5, 0.6) is 0 Å². The van der Waals surface area contributed by atoms with Crippen molar-refractivity contribution in [1.29, 1.82) is 0 Å². The molecular formula is C11H24OS. The van der Waals surface area contributed by atoms with Gasteiger partial charge in [-0.1, -0.05) is 27.2 Å². The van der Waals surface area contributed by atoms with Gasteiger partial charge in [0.2, 0.25) is 0 Å². The molecule has 1 nitrogen and oxygen atoms in total. The van der Waals surface area contributed by atoms with Crippen molar-refractivity contribution in [2.75, 3.05) is 18.1 Å². The van der Waals surface area contributed by atoms with E-state index >= 15 is 0 Å². The summed E-state index contributed by atoms with van der Waals surface area (Å²) in [5, 5.41) is 9.27. The standard InChI is InChI=1S/C11H24OS/c1-4-7-11(3,10-12)8-6-9-13-5-2/h12H,4-10H2,1-3H3. The third-order valence-electron chi connectivity index (χ3n) is 2.51. The van der Waals surface area contributed by atoms with Crippen LogP contribution in [0.2, 0.25) is 0 Å². The molecule has 0 rings (SSSR count). The zero-order valence-electron chi connectivity index (χ0n) is 9.31. The van der Waals surface area contributed by atoms with Crippen LogP contribution in [0.25, 0.3) is 0 Å². The molecule has 2 heteroatoms. The Morgan fingerprint density at radius 1 is 1.23 bits per heavy atom. The molecule has 0 amide bonds. The van der Waals surface area contributed by atoms with Crippen LogP contribution in [-0.2, 0) is 0 Å². The highest BCUT2D eigenvalue weighted by atomic mass is 32.2. The fourth-order valence-corrected chi connectivity index (χ4v) is 2.27. The van der Waals surface area contributed by atoms with E-state index < -0.39 is 0 Å². The van der Waals surface area contributed by atoms with Crippen molar-refractivity contribution in [3.8, 4) is 0 Å². The molecule has 80 valence electrons. The van der Waals surface area contributed by atoms with E-state index in [-0.39, 0.29) is 5.41 Å². The van der Waals surface area contributed by atoms with E-state index in [1.54, 1.807) is 0 Å². The molecule has 1 N–H and O–H groups in total. The largest absolute Gasteiger partial charge is 0.396 e. The van der Waals surface area contributed by atoms with Crippen LogP contribution >= 0.6 is 11.8 Å². The molecule has 0 aromatic heterocycles. The summed E-state index contributed by atoms with van der Waals surface area (Å²) in [6, 6.07) is 0. The molecule has 0 saturated carbocycles. The molecule has 0 aliphatic heterocycles. The fourth-order valence-electron chi connectivity index (χ4n) is 1.63. The first-order valence-electron chi connectivity index (χ1n) is 5.37. The minimum Gasteiger partial charge on any atom is -0.396 e. The monoisotopic (exact) mass is 204 g/mol. The van der Waals surface area contributed by atoms with E-state index in [1.807, 2.05) is 11.8 Å². The number of rotatable bonds is 8. The molecule has 13 heavy (non-hydrogen) atoms. The summed E-state index contributed by atoms with van der Waals surface area (Å²) in [6.45, 7) is 6.93. The van der Waals surface area contributed by atoms with Gasteiger partial charge in [0.05, 0.1) is 0 Å². The summed E-state index contributed by atoms with van der Waals surface area (Å²) in [4.78, 5) is 0. The number of aliphatic hydroxyl groups excluding tert-OH is 1. The van der Waals surface area contributed by atoms with Gasteiger partial charge in [0.1, 0.15) is 0 Å². The maximum atomic E-state index is 9.27. The molecule has 0 fully saturated rings. The number of hydrogen-bond acceptors (Lipinski definition) is 2. The smallest absolute Gasteiger partial charge is 0.0484 e. The quantitative estimate of drug-likeness (QED) is 0.612. The molecule has 0 aromatic rings. The predicted octanol–water partition coefficient (Wildman–Crippen LogP) is 3.32. The molecule has 0 radical (unpaired) electrons. The molecule has 0 aromatic carbocycles. The van der Waals surface area contributed by atoms with Gasteiger partial charge in [-0.3, -0.25) is 0 Å².